The molecular formula is C10H10F3NO3S. The standard InChI is InChI=1S/C10H10F3NO3S/c11-7-3-9(12)8(10(13)4-7)5-14-1-2-17-6-18(14,15)16/h3-4H,1-2,5-6H2. The molecule has 0 spiro atoms. The molecule has 0 radical (unpaired) electrons. The van der Waals surface area contributed by atoms with Crippen molar-refractivity contribution in [2.45, 2.75) is 6.54 Å². The van der Waals surface area contributed by atoms with Gasteiger partial charge in [-0.15, -0.1) is 0 Å². The van der Waals surface area contributed by atoms with Crippen LogP contribution in [0.4, 0.5) is 13.2 Å². The fraction of sp³-hybridized carbons (Fsp3) is 0.400. The minimum Gasteiger partial charge on any atom is -0.363 e. The lowest BCUT2D eigenvalue weighted by molar-refractivity contribution is 0.129. The number of benzene rings is 1. The monoisotopic (exact) mass is 281 g/mol. The van der Waals surface area contributed by atoms with E-state index in [9.17, 15) is 21.6 Å². The number of hydrogen-bond acceptors (Lipinski definition) is 3. The maximum Gasteiger partial charge on any atom is 0.238 e. The van der Waals surface area contributed by atoms with Crippen LogP contribution in [0.5, 0.6) is 0 Å². The van der Waals surface area contributed by atoms with Crippen LogP contribution in [0.3, 0.4) is 0 Å². The third kappa shape index (κ3) is 2.65. The van der Waals surface area contributed by atoms with Gasteiger partial charge in [-0.05, 0) is 0 Å². The van der Waals surface area contributed by atoms with Crippen LogP contribution < -0.4 is 0 Å². The largest absolute Gasteiger partial charge is 0.363 e. The molecule has 0 unspecified atom stereocenters. The second-order valence-electron chi connectivity index (χ2n) is 3.82. The molecule has 1 aromatic carbocycles. The van der Waals surface area contributed by atoms with E-state index < -0.39 is 45.5 Å². The molecule has 100 valence electrons. The molecule has 1 aliphatic heterocycles. The fourth-order valence-corrected chi connectivity index (χ4v) is 2.78. The topological polar surface area (TPSA) is 46.6 Å². The van der Waals surface area contributed by atoms with Gasteiger partial charge in [-0.2, -0.15) is 4.31 Å². The fourth-order valence-electron chi connectivity index (χ4n) is 1.62. The van der Waals surface area contributed by atoms with Gasteiger partial charge < -0.3 is 4.74 Å². The van der Waals surface area contributed by atoms with Gasteiger partial charge in [0.2, 0.25) is 10.0 Å². The van der Waals surface area contributed by atoms with Crippen LogP contribution >= 0.6 is 0 Å². The van der Waals surface area contributed by atoms with Crippen molar-refractivity contribution in [2.75, 3.05) is 19.1 Å². The van der Waals surface area contributed by atoms with Crippen LogP contribution in [0.2, 0.25) is 0 Å². The summed E-state index contributed by atoms with van der Waals surface area (Å²) < 4.78 is 68.3. The van der Waals surface area contributed by atoms with Gasteiger partial charge in [0.25, 0.3) is 0 Å². The highest BCUT2D eigenvalue weighted by molar-refractivity contribution is 7.88. The van der Waals surface area contributed by atoms with Gasteiger partial charge in [0, 0.05) is 30.8 Å². The predicted molar refractivity (Wildman–Crippen MR) is 56.5 cm³/mol. The summed E-state index contributed by atoms with van der Waals surface area (Å²) in [6.45, 7) is -0.300. The molecule has 1 heterocycles. The number of rotatable bonds is 2. The van der Waals surface area contributed by atoms with Gasteiger partial charge in [-0.3, -0.25) is 0 Å². The van der Waals surface area contributed by atoms with Crippen LogP contribution in [0, 0.1) is 17.5 Å². The van der Waals surface area contributed by atoms with Crippen LogP contribution in [0.25, 0.3) is 0 Å². The molecule has 0 aromatic heterocycles. The molecule has 0 aliphatic carbocycles. The third-order valence-electron chi connectivity index (χ3n) is 2.55. The summed E-state index contributed by atoms with van der Waals surface area (Å²) in [5.74, 6) is -3.76. The Hall–Kier alpha value is -1.12. The van der Waals surface area contributed by atoms with Crippen LogP contribution in [0.15, 0.2) is 12.1 Å². The van der Waals surface area contributed by atoms with Gasteiger partial charge in [0.05, 0.1) is 6.61 Å². The molecular weight excluding hydrogens is 271 g/mol. The minimum absolute atomic E-state index is 0.0125. The summed E-state index contributed by atoms with van der Waals surface area (Å²) in [4.78, 5) is 0. The average Bonchev–Trinajstić information content (AvgIpc) is 2.24. The number of nitrogens with zero attached hydrogens (tertiary/aromatic N) is 1. The van der Waals surface area contributed by atoms with E-state index in [1.165, 1.54) is 0 Å². The van der Waals surface area contributed by atoms with Crippen molar-refractivity contribution in [3.8, 4) is 0 Å². The van der Waals surface area contributed by atoms with Crippen LogP contribution in [-0.4, -0.2) is 31.8 Å². The van der Waals surface area contributed by atoms with E-state index in [0.717, 1.165) is 4.31 Å². The summed E-state index contributed by atoms with van der Waals surface area (Å²) in [5, 5.41) is 0. The molecule has 2 rings (SSSR count). The molecule has 8 heteroatoms. The van der Waals surface area contributed by atoms with E-state index in [-0.39, 0.29) is 13.2 Å². The van der Waals surface area contributed by atoms with E-state index >= 15 is 0 Å². The summed E-state index contributed by atoms with van der Waals surface area (Å²) >= 11 is 0. The van der Waals surface area contributed by atoms with E-state index in [1.54, 1.807) is 0 Å². The van der Waals surface area contributed by atoms with Crippen molar-refractivity contribution in [3.63, 3.8) is 0 Å². The predicted octanol–water partition coefficient (Wildman–Crippen LogP) is 1.22. The highest BCUT2D eigenvalue weighted by atomic mass is 32.2. The third-order valence-corrected chi connectivity index (χ3v) is 4.11. The Balaban J connectivity index is 2.29. The lowest BCUT2D eigenvalue weighted by Crippen LogP contribution is -2.41. The summed E-state index contributed by atoms with van der Waals surface area (Å²) in [6.07, 6.45) is 0. The zero-order valence-electron chi connectivity index (χ0n) is 9.20. The molecule has 1 aromatic rings. The lowest BCUT2D eigenvalue weighted by atomic mass is 10.2. The first kappa shape index (κ1) is 13.3. The Morgan fingerprint density at radius 3 is 2.39 bits per heavy atom. The normalized spacial score (nSPS) is 19.9. The average molecular weight is 281 g/mol. The molecule has 1 aliphatic rings. The maximum absolute atomic E-state index is 13.4. The first-order chi connectivity index (χ1) is 8.40. The molecule has 1 fully saturated rings. The van der Waals surface area contributed by atoms with Crippen molar-refractivity contribution in [2.24, 2.45) is 0 Å². The van der Waals surface area contributed by atoms with Gasteiger partial charge in [-0.25, -0.2) is 21.6 Å². The van der Waals surface area contributed by atoms with Crippen molar-refractivity contribution in [1.82, 2.24) is 4.31 Å². The van der Waals surface area contributed by atoms with E-state index in [4.69, 9.17) is 4.74 Å². The highest BCUT2D eigenvalue weighted by Crippen LogP contribution is 2.19. The van der Waals surface area contributed by atoms with Crippen molar-refractivity contribution in [3.05, 3.63) is 35.1 Å². The molecule has 4 nitrogen and oxygen atoms in total. The molecule has 0 N–H and O–H groups in total. The van der Waals surface area contributed by atoms with Gasteiger partial charge in [0.1, 0.15) is 17.5 Å². The summed E-state index contributed by atoms with van der Waals surface area (Å²) in [7, 11) is -3.68. The highest BCUT2D eigenvalue weighted by Gasteiger charge is 2.28. The Bertz CT molecular complexity index is 538. The van der Waals surface area contributed by atoms with Crippen LogP contribution in [0.1, 0.15) is 5.56 Å². The van der Waals surface area contributed by atoms with Crippen molar-refractivity contribution in [1.29, 1.82) is 0 Å². The van der Waals surface area contributed by atoms with E-state index in [1.807, 2.05) is 0 Å². The SMILES string of the molecule is O=S1(=O)COCCN1Cc1c(F)cc(F)cc1F. The molecule has 1 saturated heterocycles. The van der Waals surface area contributed by atoms with Gasteiger partial charge >= 0.3 is 0 Å². The molecule has 0 atom stereocenters. The Kier molecular flexibility index (Phi) is 3.60. The van der Waals surface area contributed by atoms with E-state index in [0.29, 0.717) is 12.1 Å². The minimum atomic E-state index is -3.68. The lowest BCUT2D eigenvalue weighted by Gasteiger charge is -2.26. The smallest absolute Gasteiger partial charge is 0.238 e. The summed E-state index contributed by atoms with van der Waals surface area (Å²) in [5.41, 5.74) is -0.470. The number of ether oxygens (including phenoxy) is 1. The Morgan fingerprint density at radius 2 is 1.83 bits per heavy atom. The van der Waals surface area contributed by atoms with Crippen molar-refractivity contribution >= 4 is 10.0 Å². The second kappa shape index (κ2) is 4.87. The van der Waals surface area contributed by atoms with Crippen molar-refractivity contribution < 1.29 is 26.3 Å². The van der Waals surface area contributed by atoms with Crippen LogP contribution in [-0.2, 0) is 21.3 Å². The Labute approximate surface area is 102 Å². The number of hydrogen-bond donors (Lipinski definition) is 0. The number of halogens is 3. The zero-order chi connectivity index (χ0) is 13.3. The molecule has 0 bridgehead atoms. The molecule has 0 amide bonds. The molecule has 0 saturated carbocycles. The summed E-state index contributed by atoms with van der Waals surface area (Å²) in [6, 6.07) is 1.04. The molecule has 18 heavy (non-hydrogen) atoms. The van der Waals surface area contributed by atoms with E-state index in [2.05, 4.69) is 0 Å². The zero-order valence-corrected chi connectivity index (χ0v) is 10.0. The first-order valence-electron chi connectivity index (χ1n) is 5.09. The van der Waals surface area contributed by atoms with Gasteiger partial charge in [0.15, 0.2) is 5.94 Å². The first-order valence-corrected chi connectivity index (χ1v) is 6.70. The maximum atomic E-state index is 13.4. The number of sulfonamides is 1. The van der Waals surface area contributed by atoms with Gasteiger partial charge in [-0.1, -0.05) is 0 Å². The second-order valence-corrected chi connectivity index (χ2v) is 5.74. The Morgan fingerprint density at radius 1 is 1.22 bits per heavy atom. The quantitative estimate of drug-likeness (QED) is 0.819.